The van der Waals surface area contributed by atoms with Gasteiger partial charge < -0.3 is 15.6 Å². The third kappa shape index (κ3) is 3.06. The zero-order valence-electron chi connectivity index (χ0n) is 10.8. The fourth-order valence-electron chi connectivity index (χ4n) is 1.69. The SMILES string of the molecule is Cc1ncn(CC(=O)Nc2cc(N)ccc2Cl)c1C. The third-order valence-electron chi connectivity index (χ3n) is 2.92. The molecule has 0 saturated carbocycles. The molecular formula is C13H15ClN4O. The Hall–Kier alpha value is -2.01. The molecule has 3 N–H and O–H groups in total. The maximum absolute atomic E-state index is 11.9. The Morgan fingerprint density at radius 3 is 2.84 bits per heavy atom. The first-order valence-electron chi connectivity index (χ1n) is 5.80. The molecule has 1 heterocycles. The van der Waals surface area contributed by atoms with Gasteiger partial charge in [-0.3, -0.25) is 4.79 Å². The van der Waals surface area contributed by atoms with Crippen LogP contribution in [-0.2, 0) is 11.3 Å². The molecule has 1 aromatic carbocycles. The highest BCUT2D eigenvalue weighted by Gasteiger charge is 2.09. The van der Waals surface area contributed by atoms with E-state index in [0.29, 0.717) is 16.4 Å². The Morgan fingerprint density at radius 2 is 2.21 bits per heavy atom. The molecule has 0 bridgehead atoms. The largest absolute Gasteiger partial charge is 0.399 e. The van der Waals surface area contributed by atoms with Crippen LogP contribution in [0.5, 0.6) is 0 Å². The summed E-state index contributed by atoms with van der Waals surface area (Å²) in [6.45, 7) is 4.01. The van der Waals surface area contributed by atoms with Crippen LogP contribution in [0.25, 0.3) is 0 Å². The first-order chi connectivity index (χ1) is 8.97. The van der Waals surface area contributed by atoms with E-state index in [1.165, 1.54) is 0 Å². The van der Waals surface area contributed by atoms with Crippen LogP contribution < -0.4 is 11.1 Å². The van der Waals surface area contributed by atoms with Gasteiger partial charge in [-0.1, -0.05) is 11.6 Å². The molecule has 2 rings (SSSR count). The fourth-order valence-corrected chi connectivity index (χ4v) is 1.85. The number of hydrogen-bond donors (Lipinski definition) is 2. The van der Waals surface area contributed by atoms with Crippen molar-refractivity contribution in [1.29, 1.82) is 0 Å². The molecule has 6 heteroatoms. The molecule has 1 amide bonds. The number of rotatable bonds is 3. The molecule has 0 saturated heterocycles. The lowest BCUT2D eigenvalue weighted by Gasteiger charge is -2.09. The number of carbonyl (C=O) groups excluding carboxylic acids is 1. The van der Waals surface area contributed by atoms with E-state index in [-0.39, 0.29) is 12.5 Å². The molecule has 100 valence electrons. The highest BCUT2D eigenvalue weighted by molar-refractivity contribution is 6.33. The maximum atomic E-state index is 11.9. The highest BCUT2D eigenvalue weighted by atomic mass is 35.5. The van der Waals surface area contributed by atoms with Crippen molar-refractivity contribution in [2.24, 2.45) is 0 Å². The van der Waals surface area contributed by atoms with Gasteiger partial charge in [-0.05, 0) is 32.0 Å². The number of nitrogens with one attached hydrogen (secondary N) is 1. The van der Waals surface area contributed by atoms with Gasteiger partial charge in [-0.2, -0.15) is 0 Å². The van der Waals surface area contributed by atoms with Crippen LogP contribution in [0.2, 0.25) is 5.02 Å². The Balaban J connectivity index is 2.09. The second-order valence-corrected chi connectivity index (χ2v) is 4.74. The van der Waals surface area contributed by atoms with Crippen molar-refractivity contribution in [3.05, 3.63) is 40.9 Å². The number of aromatic nitrogens is 2. The zero-order valence-corrected chi connectivity index (χ0v) is 11.5. The van der Waals surface area contributed by atoms with E-state index in [9.17, 15) is 4.79 Å². The number of nitrogens with two attached hydrogens (primary N) is 1. The van der Waals surface area contributed by atoms with Crippen molar-refractivity contribution in [2.45, 2.75) is 20.4 Å². The van der Waals surface area contributed by atoms with E-state index in [2.05, 4.69) is 10.3 Å². The summed E-state index contributed by atoms with van der Waals surface area (Å²) in [4.78, 5) is 16.1. The van der Waals surface area contributed by atoms with E-state index >= 15 is 0 Å². The second-order valence-electron chi connectivity index (χ2n) is 4.33. The first kappa shape index (κ1) is 13.4. The van der Waals surface area contributed by atoms with Crippen LogP contribution in [0.3, 0.4) is 0 Å². The summed E-state index contributed by atoms with van der Waals surface area (Å²) in [5.74, 6) is -0.173. The molecular weight excluding hydrogens is 264 g/mol. The molecule has 0 atom stereocenters. The number of anilines is 2. The van der Waals surface area contributed by atoms with Gasteiger partial charge in [0.25, 0.3) is 0 Å². The summed E-state index contributed by atoms with van der Waals surface area (Å²) >= 11 is 5.99. The number of imidazole rings is 1. The van der Waals surface area contributed by atoms with E-state index in [4.69, 9.17) is 17.3 Å². The van der Waals surface area contributed by atoms with Gasteiger partial charge >= 0.3 is 0 Å². The van der Waals surface area contributed by atoms with E-state index in [1.807, 2.05) is 13.8 Å². The summed E-state index contributed by atoms with van der Waals surface area (Å²) in [6, 6.07) is 4.97. The molecule has 0 aliphatic heterocycles. The number of aryl methyl sites for hydroxylation is 1. The van der Waals surface area contributed by atoms with Crippen LogP contribution in [0.4, 0.5) is 11.4 Å². The Bertz CT molecular complexity index is 621. The van der Waals surface area contributed by atoms with Crippen molar-refractivity contribution in [3.63, 3.8) is 0 Å². The van der Waals surface area contributed by atoms with E-state index < -0.39 is 0 Å². The van der Waals surface area contributed by atoms with Crippen LogP contribution >= 0.6 is 11.6 Å². The molecule has 19 heavy (non-hydrogen) atoms. The molecule has 1 aromatic heterocycles. The van der Waals surface area contributed by atoms with Crippen LogP contribution in [0, 0.1) is 13.8 Å². The molecule has 0 unspecified atom stereocenters. The van der Waals surface area contributed by atoms with Gasteiger partial charge in [0, 0.05) is 11.4 Å². The van der Waals surface area contributed by atoms with E-state index in [0.717, 1.165) is 11.4 Å². The van der Waals surface area contributed by atoms with Crippen molar-refractivity contribution < 1.29 is 4.79 Å². The topological polar surface area (TPSA) is 72.9 Å². The minimum absolute atomic E-state index is 0.173. The minimum atomic E-state index is -0.173. The average Bonchev–Trinajstić information content (AvgIpc) is 2.66. The van der Waals surface area contributed by atoms with Crippen molar-refractivity contribution >= 4 is 28.9 Å². The maximum Gasteiger partial charge on any atom is 0.244 e. The Morgan fingerprint density at radius 1 is 1.47 bits per heavy atom. The number of carbonyl (C=O) groups is 1. The van der Waals surface area contributed by atoms with Gasteiger partial charge in [-0.25, -0.2) is 4.98 Å². The summed E-state index contributed by atoms with van der Waals surface area (Å²) in [7, 11) is 0. The quantitative estimate of drug-likeness (QED) is 0.847. The molecule has 0 aliphatic rings. The molecule has 0 aliphatic carbocycles. The average molecular weight is 279 g/mol. The van der Waals surface area contributed by atoms with Crippen LogP contribution in [0.1, 0.15) is 11.4 Å². The lowest BCUT2D eigenvalue weighted by atomic mass is 10.3. The van der Waals surface area contributed by atoms with Crippen molar-refractivity contribution in [3.8, 4) is 0 Å². The highest BCUT2D eigenvalue weighted by Crippen LogP contribution is 2.24. The predicted octanol–water partition coefficient (Wildman–Crippen LogP) is 2.37. The number of nitrogen functional groups attached to an aromatic ring is 1. The first-order valence-corrected chi connectivity index (χ1v) is 6.18. The smallest absolute Gasteiger partial charge is 0.244 e. The minimum Gasteiger partial charge on any atom is -0.399 e. The predicted molar refractivity (Wildman–Crippen MR) is 76.2 cm³/mol. The Kier molecular flexibility index (Phi) is 3.76. The summed E-state index contributed by atoms with van der Waals surface area (Å²) in [6.07, 6.45) is 1.64. The fraction of sp³-hybridized carbons (Fsp3) is 0.231. The summed E-state index contributed by atoms with van der Waals surface area (Å²) in [5, 5.41) is 3.20. The third-order valence-corrected chi connectivity index (χ3v) is 3.25. The van der Waals surface area contributed by atoms with Crippen molar-refractivity contribution in [1.82, 2.24) is 9.55 Å². The van der Waals surface area contributed by atoms with Gasteiger partial charge in [0.1, 0.15) is 6.54 Å². The standard InChI is InChI=1S/C13H15ClN4O/c1-8-9(2)18(7-16-8)6-13(19)17-12-5-10(15)3-4-11(12)14/h3-5,7H,6,15H2,1-2H3,(H,17,19). The van der Waals surface area contributed by atoms with Gasteiger partial charge in [0.2, 0.25) is 5.91 Å². The van der Waals surface area contributed by atoms with E-state index in [1.54, 1.807) is 29.1 Å². The number of hydrogen-bond acceptors (Lipinski definition) is 3. The van der Waals surface area contributed by atoms with Gasteiger partial charge in [-0.15, -0.1) is 0 Å². The molecule has 5 nitrogen and oxygen atoms in total. The van der Waals surface area contributed by atoms with Gasteiger partial charge in [0.15, 0.2) is 0 Å². The second kappa shape index (κ2) is 5.32. The number of halogens is 1. The normalized spacial score (nSPS) is 10.5. The number of benzene rings is 1. The van der Waals surface area contributed by atoms with Crippen molar-refractivity contribution in [2.75, 3.05) is 11.1 Å². The monoisotopic (exact) mass is 278 g/mol. The number of amides is 1. The van der Waals surface area contributed by atoms with Crippen LogP contribution in [-0.4, -0.2) is 15.5 Å². The summed E-state index contributed by atoms with van der Waals surface area (Å²) in [5.41, 5.74) is 8.60. The van der Waals surface area contributed by atoms with Crippen LogP contribution in [0.15, 0.2) is 24.5 Å². The molecule has 0 radical (unpaired) electrons. The molecule has 0 fully saturated rings. The lowest BCUT2D eigenvalue weighted by Crippen LogP contribution is -2.19. The zero-order chi connectivity index (χ0) is 14.0. The number of nitrogens with zero attached hydrogens (tertiary/aromatic N) is 2. The lowest BCUT2D eigenvalue weighted by molar-refractivity contribution is -0.116. The summed E-state index contributed by atoms with van der Waals surface area (Å²) < 4.78 is 1.78. The molecule has 2 aromatic rings. The molecule has 0 spiro atoms. The van der Waals surface area contributed by atoms with Gasteiger partial charge in [0.05, 0.1) is 22.7 Å². The Labute approximate surface area is 116 Å².